The summed E-state index contributed by atoms with van der Waals surface area (Å²) in [5.41, 5.74) is 5.58. The molecule has 2 aromatic heterocycles. The second-order valence-electron chi connectivity index (χ2n) is 8.83. The highest BCUT2D eigenvalue weighted by Crippen LogP contribution is 2.33. The van der Waals surface area contributed by atoms with Crippen LogP contribution in [0.4, 0.5) is 30.8 Å². The minimum Gasteiger partial charge on any atom is -0.393 e. The van der Waals surface area contributed by atoms with Gasteiger partial charge in [0.05, 0.1) is 12.3 Å². The lowest BCUT2D eigenvalue weighted by molar-refractivity contribution is -0.118. The van der Waals surface area contributed by atoms with Gasteiger partial charge in [-0.15, -0.1) is 0 Å². The molecule has 3 atom stereocenters. The summed E-state index contributed by atoms with van der Waals surface area (Å²) in [6, 6.07) is 0.850. The zero-order valence-electron chi connectivity index (χ0n) is 19.3. The van der Waals surface area contributed by atoms with Crippen LogP contribution in [0.5, 0.6) is 0 Å². The van der Waals surface area contributed by atoms with E-state index in [0.29, 0.717) is 54.9 Å². The molecule has 0 spiro atoms. The first kappa shape index (κ1) is 24.7. The Labute approximate surface area is 200 Å². The topological polar surface area (TPSA) is 131 Å². The van der Waals surface area contributed by atoms with Crippen molar-refractivity contribution in [1.29, 1.82) is 0 Å². The Balaban J connectivity index is 1.78. The number of aliphatic hydroxyl groups excluding tert-OH is 1. The average molecular weight is 492 g/mol. The molecule has 9 nitrogen and oxygen atoms in total. The molecule has 0 saturated heterocycles. The number of nitrogens with two attached hydrogens (primary N) is 1. The predicted octanol–water partition coefficient (Wildman–Crippen LogP) is 3.92. The van der Waals surface area contributed by atoms with Gasteiger partial charge in [0.1, 0.15) is 17.0 Å². The van der Waals surface area contributed by atoms with Crippen LogP contribution in [-0.2, 0) is 4.79 Å². The number of halogens is 3. The molecule has 1 amide bonds. The second kappa shape index (κ2) is 10.5. The largest absolute Gasteiger partial charge is 0.393 e. The van der Waals surface area contributed by atoms with Crippen molar-refractivity contribution in [3.8, 4) is 0 Å². The van der Waals surface area contributed by atoms with Crippen molar-refractivity contribution in [1.82, 2.24) is 19.5 Å². The lowest BCUT2D eigenvalue weighted by Gasteiger charge is -2.21. The standard InChI is InChI=1S/C23H28F3N7O2/c1-2-3-14(5-7-19(27)35)33-21-18(11-28-22(32-21)29-13-4-6-15(34)10-13)30-23(33)31-20-16(25)8-12(24)9-17(20)26/h8-9,11,13-15,34H,2-7,10H2,1H3,(H2,27,35)(H,30,31)(H,28,29,32)/t13-,14+,15-/m0/s1. The Morgan fingerprint density at radius 3 is 2.60 bits per heavy atom. The zero-order chi connectivity index (χ0) is 25.1. The molecule has 1 saturated carbocycles. The Bertz CT molecular complexity index is 1200. The molecular formula is C23H28F3N7O2. The first-order chi connectivity index (χ1) is 16.7. The van der Waals surface area contributed by atoms with Gasteiger partial charge >= 0.3 is 0 Å². The minimum atomic E-state index is -1.11. The molecule has 2 heterocycles. The molecule has 1 aliphatic rings. The summed E-state index contributed by atoms with van der Waals surface area (Å²) in [5, 5.41) is 15.7. The number of nitrogens with zero attached hydrogens (tertiary/aromatic N) is 4. The Hall–Kier alpha value is -3.41. The molecule has 1 aromatic carbocycles. The third-order valence-corrected chi connectivity index (χ3v) is 6.13. The number of carbonyl (C=O) groups is 1. The van der Waals surface area contributed by atoms with Gasteiger partial charge < -0.3 is 21.5 Å². The molecule has 0 aliphatic heterocycles. The van der Waals surface area contributed by atoms with Crippen LogP contribution in [0.15, 0.2) is 18.3 Å². The van der Waals surface area contributed by atoms with Gasteiger partial charge in [0, 0.05) is 30.6 Å². The van der Waals surface area contributed by atoms with E-state index in [2.05, 4.69) is 25.6 Å². The number of aromatic nitrogens is 4. The van der Waals surface area contributed by atoms with Crippen molar-refractivity contribution >= 4 is 34.7 Å². The Morgan fingerprint density at radius 2 is 1.97 bits per heavy atom. The summed E-state index contributed by atoms with van der Waals surface area (Å²) in [7, 11) is 0. The third kappa shape index (κ3) is 5.64. The fourth-order valence-electron chi connectivity index (χ4n) is 4.48. The van der Waals surface area contributed by atoms with Gasteiger partial charge in [0.2, 0.25) is 17.8 Å². The predicted molar refractivity (Wildman–Crippen MR) is 125 cm³/mol. The van der Waals surface area contributed by atoms with Crippen LogP contribution >= 0.6 is 0 Å². The van der Waals surface area contributed by atoms with Crippen LogP contribution in [-0.4, -0.2) is 42.7 Å². The second-order valence-corrected chi connectivity index (χ2v) is 8.83. The third-order valence-electron chi connectivity index (χ3n) is 6.13. The number of hydrogen-bond acceptors (Lipinski definition) is 7. The maximum Gasteiger partial charge on any atom is 0.224 e. The molecule has 188 valence electrons. The van der Waals surface area contributed by atoms with Crippen molar-refractivity contribution in [2.75, 3.05) is 10.6 Å². The van der Waals surface area contributed by atoms with E-state index in [1.54, 1.807) is 4.57 Å². The minimum absolute atomic E-state index is 0.0140. The monoisotopic (exact) mass is 491 g/mol. The van der Waals surface area contributed by atoms with Gasteiger partial charge in [-0.25, -0.2) is 23.1 Å². The number of nitrogens with one attached hydrogen (secondary N) is 2. The fraction of sp³-hybridized carbons (Fsp3) is 0.478. The smallest absolute Gasteiger partial charge is 0.224 e. The Kier molecular flexibility index (Phi) is 7.39. The number of imidazole rings is 1. The van der Waals surface area contributed by atoms with Crippen molar-refractivity contribution < 1.29 is 23.1 Å². The summed E-state index contributed by atoms with van der Waals surface area (Å²) >= 11 is 0. The number of rotatable bonds is 10. The molecule has 35 heavy (non-hydrogen) atoms. The number of fused-ring (bicyclic) bond motifs is 1. The maximum absolute atomic E-state index is 14.4. The van der Waals surface area contributed by atoms with Crippen molar-refractivity contribution in [2.45, 2.75) is 70.1 Å². The van der Waals surface area contributed by atoms with E-state index in [1.807, 2.05) is 6.92 Å². The van der Waals surface area contributed by atoms with E-state index in [0.717, 1.165) is 12.8 Å². The highest BCUT2D eigenvalue weighted by molar-refractivity contribution is 5.77. The zero-order valence-corrected chi connectivity index (χ0v) is 19.3. The van der Waals surface area contributed by atoms with Crippen molar-refractivity contribution in [3.63, 3.8) is 0 Å². The normalized spacial score (nSPS) is 18.7. The van der Waals surface area contributed by atoms with E-state index >= 15 is 0 Å². The molecule has 1 aliphatic carbocycles. The number of amides is 1. The van der Waals surface area contributed by atoms with Crippen molar-refractivity contribution in [2.24, 2.45) is 5.73 Å². The van der Waals surface area contributed by atoms with Crippen LogP contribution in [0.1, 0.15) is 57.9 Å². The molecular weight excluding hydrogens is 463 g/mol. The number of hydrogen-bond donors (Lipinski definition) is 4. The van der Waals surface area contributed by atoms with Crippen LogP contribution in [0.3, 0.4) is 0 Å². The lowest BCUT2D eigenvalue weighted by atomic mass is 10.1. The maximum atomic E-state index is 14.4. The molecule has 12 heteroatoms. The van der Waals surface area contributed by atoms with E-state index in [-0.39, 0.29) is 30.6 Å². The Morgan fingerprint density at radius 1 is 1.23 bits per heavy atom. The van der Waals surface area contributed by atoms with Gasteiger partial charge in [-0.05, 0) is 32.1 Å². The van der Waals surface area contributed by atoms with Crippen molar-refractivity contribution in [3.05, 3.63) is 35.8 Å². The summed E-state index contributed by atoms with van der Waals surface area (Å²) in [4.78, 5) is 24.9. The number of aliphatic hydroxyl groups is 1. The molecule has 0 bridgehead atoms. The quantitative estimate of drug-likeness (QED) is 0.338. The molecule has 3 aromatic rings. The van der Waals surface area contributed by atoms with Gasteiger partial charge in [0.25, 0.3) is 0 Å². The van der Waals surface area contributed by atoms with Gasteiger partial charge in [-0.2, -0.15) is 4.98 Å². The number of primary amides is 1. The summed E-state index contributed by atoms with van der Waals surface area (Å²) in [6.07, 6.45) is 4.97. The fourth-order valence-corrected chi connectivity index (χ4v) is 4.48. The van der Waals surface area contributed by atoms with E-state index in [4.69, 9.17) is 5.73 Å². The summed E-state index contributed by atoms with van der Waals surface area (Å²) in [6.45, 7) is 1.97. The molecule has 0 radical (unpaired) electrons. The number of anilines is 3. The molecule has 5 N–H and O–H groups in total. The summed E-state index contributed by atoms with van der Waals surface area (Å²) < 4.78 is 43.9. The van der Waals surface area contributed by atoms with Gasteiger partial charge in [-0.3, -0.25) is 9.36 Å². The first-order valence-electron chi connectivity index (χ1n) is 11.6. The van der Waals surface area contributed by atoms with E-state index in [9.17, 15) is 23.1 Å². The van der Waals surface area contributed by atoms with E-state index in [1.165, 1.54) is 6.20 Å². The van der Waals surface area contributed by atoms with Crippen LogP contribution in [0.25, 0.3) is 11.2 Å². The van der Waals surface area contributed by atoms with Crippen LogP contribution < -0.4 is 16.4 Å². The molecule has 0 unspecified atom stereocenters. The van der Waals surface area contributed by atoms with Crippen LogP contribution in [0.2, 0.25) is 0 Å². The highest BCUT2D eigenvalue weighted by atomic mass is 19.1. The van der Waals surface area contributed by atoms with E-state index < -0.39 is 29.0 Å². The molecule has 4 rings (SSSR count). The average Bonchev–Trinajstić information content (AvgIpc) is 3.36. The highest BCUT2D eigenvalue weighted by Gasteiger charge is 2.26. The SMILES string of the molecule is CCC[C@H](CCC(N)=O)n1c(Nc2c(F)cc(F)cc2F)nc2cnc(N[C@H]3CC[C@H](O)C3)nc21. The van der Waals surface area contributed by atoms with Gasteiger partial charge in [0.15, 0.2) is 17.3 Å². The van der Waals surface area contributed by atoms with Crippen LogP contribution in [0, 0.1) is 17.5 Å². The number of benzene rings is 1. The van der Waals surface area contributed by atoms with Gasteiger partial charge in [-0.1, -0.05) is 13.3 Å². The summed E-state index contributed by atoms with van der Waals surface area (Å²) in [5.74, 6) is -3.33. The lowest BCUT2D eigenvalue weighted by Crippen LogP contribution is -2.19. The molecule has 1 fully saturated rings. The number of carbonyl (C=O) groups excluding carboxylic acids is 1. The first-order valence-corrected chi connectivity index (χ1v) is 11.6.